The Morgan fingerprint density at radius 3 is 2.82 bits per heavy atom. The maximum Gasteiger partial charge on any atom is 0.222 e. The first kappa shape index (κ1) is 13.2. The second-order valence-electron chi connectivity index (χ2n) is 5.55. The summed E-state index contributed by atoms with van der Waals surface area (Å²) in [7, 11) is 0. The maximum atomic E-state index is 11.9. The lowest BCUT2D eigenvalue weighted by molar-refractivity contribution is -0.123. The van der Waals surface area contributed by atoms with Gasteiger partial charge in [0.05, 0.1) is 0 Å². The molecule has 0 radical (unpaired) electrons. The van der Waals surface area contributed by atoms with Crippen LogP contribution in [0.15, 0.2) is 0 Å². The van der Waals surface area contributed by atoms with E-state index in [9.17, 15) is 4.79 Å². The summed E-state index contributed by atoms with van der Waals surface area (Å²) >= 11 is 2.02. The van der Waals surface area contributed by atoms with Crippen molar-refractivity contribution in [2.45, 2.75) is 68.7 Å². The third kappa shape index (κ3) is 3.62. The molecule has 0 heterocycles. The lowest BCUT2D eigenvalue weighted by atomic mass is 9.75. The minimum Gasteiger partial charge on any atom is -0.353 e. The molecule has 2 atom stereocenters. The first-order valence-corrected chi connectivity index (χ1v) is 7.86. The molecule has 2 unspecified atom stereocenters. The molecule has 4 heteroatoms. The summed E-state index contributed by atoms with van der Waals surface area (Å²) in [6, 6.07) is 0.398. The van der Waals surface area contributed by atoms with Gasteiger partial charge in [-0.3, -0.25) is 4.79 Å². The van der Waals surface area contributed by atoms with E-state index >= 15 is 0 Å². The Morgan fingerprint density at radius 2 is 2.24 bits per heavy atom. The van der Waals surface area contributed by atoms with E-state index in [1.54, 1.807) is 0 Å². The van der Waals surface area contributed by atoms with Crippen LogP contribution in [-0.2, 0) is 4.79 Å². The van der Waals surface area contributed by atoms with Gasteiger partial charge in [-0.25, -0.2) is 0 Å². The standard InChI is InChI=1S/C13H24N2OS/c1-2-17-11-5-4-10(8-11)15-12(16)9-13(14)6-3-7-13/h10-11H,2-9,14H2,1H3,(H,15,16). The number of rotatable bonds is 5. The van der Waals surface area contributed by atoms with Crippen LogP contribution in [0.2, 0.25) is 0 Å². The van der Waals surface area contributed by atoms with E-state index in [4.69, 9.17) is 5.73 Å². The largest absolute Gasteiger partial charge is 0.353 e. The number of carbonyl (C=O) groups excluding carboxylic acids is 1. The third-order valence-electron chi connectivity index (χ3n) is 4.01. The molecular weight excluding hydrogens is 232 g/mol. The monoisotopic (exact) mass is 256 g/mol. The fraction of sp³-hybridized carbons (Fsp3) is 0.923. The van der Waals surface area contributed by atoms with E-state index in [2.05, 4.69) is 12.2 Å². The Labute approximate surface area is 108 Å². The van der Waals surface area contributed by atoms with Crippen LogP contribution in [0.1, 0.15) is 51.9 Å². The highest BCUT2D eigenvalue weighted by atomic mass is 32.2. The van der Waals surface area contributed by atoms with E-state index in [-0.39, 0.29) is 11.4 Å². The molecule has 2 rings (SSSR count). The zero-order valence-electron chi connectivity index (χ0n) is 10.7. The van der Waals surface area contributed by atoms with Crippen LogP contribution < -0.4 is 11.1 Å². The van der Waals surface area contributed by atoms with Crippen LogP contribution in [0, 0.1) is 0 Å². The average Bonchev–Trinajstić information content (AvgIpc) is 2.63. The van der Waals surface area contributed by atoms with Crippen molar-refractivity contribution in [3.63, 3.8) is 0 Å². The Bertz CT molecular complexity index is 279. The molecular formula is C13H24N2OS. The Hall–Kier alpha value is -0.220. The highest BCUT2D eigenvalue weighted by Gasteiger charge is 2.35. The maximum absolute atomic E-state index is 11.9. The fourth-order valence-corrected chi connectivity index (χ4v) is 4.01. The SMILES string of the molecule is CCSC1CCC(NC(=O)CC2(N)CCC2)C1. The first-order valence-electron chi connectivity index (χ1n) is 6.81. The molecule has 2 fully saturated rings. The molecule has 0 bridgehead atoms. The summed E-state index contributed by atoms with van der Waals surface area (Å²) in [5.74, 6) is 1.34. The number of nitrogens with one attached hydrogen (secondary N) is 1. The van der Waals surface area contributed by atoms with Gasteiger partial charge in [-0.2, -0.15) is 11.8 Å². The minimum atomic E-state index is -0.180. The molecule has 0 spiro atoms. The summed E-state index contributed by atoms with van der Waals surface area (Å²) < 4.78 is 0. The van der Waals surface area contributed by atoms with Crippen molar-refractivity contribution >= 4 is 17.7 Å². The molecule has 0 aromatic rings. The predicted octanol–water partition coefficient (Wildman–Crippen LogP) is 2.05. The fourth-order valence-electron chi connectivity index (χ4n) is 2.86. The average molecular weight is 256 g/mol. The number of hydrogen-bond donors (Lipinski definition) is 2. The number of hydrogen-bond acceptors (Lipinski definition) is 3. The lowest BCUT2D eigenvalue weighted by Crippen LogP contribution is -2.50. The van der Waals surface area contributed by atoms with Gasteiger partial charge in [0, 0.05) is 23.3 Å². The molecule has 0 aromatic carbocycles. The smallest absolute Gasteiger partial charge is 0.222 e. The van der Waals surface area contributed by atoms with Crippen LogP contribution in [-0.4, -0.2) is 28.5 Å². The predicted molar refractivity (Wildman–Crippen MR) is 73.1 cm³/mol. The number of nitrogens with two attached hydrogens (primary N) is 1. The lowest BCUT2D eigenvalue weighted by Gasteiger charge is -2.37. The second-order valence-corrected chi connectivity index (χ2v) is 7.12. The highest BCUT2D eigenvalue weighted by Crippen LogP contribution is 2.33. The third-order valence-corrected chi connectivity index (χ3v) is 5.25. The van der Waals surface area contributed by atoms with Gasteiger partial charge < -0.3 is 11.1 Å². The van der Waals surface area contributed by atoms with Crippen molar-refractivity contribution in [1.82, 2.24) is 5.32 Å². The van der Waals surface area contributed by atoms with Gasteiger partial charge in [-0.1, -0.05) is 6.92 Å². The number of thioether (sulfide) groups is 1. The van der Waals surface area contributed by atoms with Crippen molar-refractivity contribution in [2.24, 2.45) is 5.73 Å². The van der Waals surface area contributed by atoms with Gasteiger partial charge in [-0.05, 0) is 44.3 Å². The molecule has 1 amide bonds. The van der Waals surface area contributed by atoms with E-state index in [0.717, 1.165) is 30.9 Å². The van der Waals surface area contributed by atoms with Gasteiger partial charge in [0.25, 0.3) is 0 Å². The van der Waals surface area contributed by atoms with E-state index in [0.29, 0.717) is 12.5 Å². The topological polar surface area (TPSA) is 55.1 Å². The van der Waals surface area contributed by atoms with Crippen LogP contribution in [0.4, 0.5) is 0 Å². The van der Waals surface area contributed by atoms with E-state index in [1.165, 1.54) is 18.6 Å². The van der Waals surface area contributed by atoms with E-state index in [1.807, 2.05) is 11.8 Å². The zero-order valence-corrected chi connectivity index (χ0v) is 11.5. The summed E-state index contributed by atoms with van der Waals surface area (Å²) in [6.45, 7) is 2.20. The summed E-state index contributed by atoms with van der Waals surface area (Å²) in [6.07, 6.45) is 7.26. The minimum absolute atomic E-state index is 0.166. The molecule has 0 saturated heterocycles. The van der Waals surface area contributed by atoms with Crippen LogP contribution >= 0.6 is 11.8 Å². The molecule has 3 N–H and O–H groups in total. The van der Waals surface area contributed by atoms with Crippen LogP contribution in [0.25, 0.3) is 0 Å². The summed E-state index contributed by atoms with van der Waals surface area (Å²) in [5, 5.41) is 3.91. The van der Waals surface area contributed by atoms with E-state index < -0.39 is 0 Å². The van der Waals surface area contributed by atoms with Gasteiger partial charge in [0.1, 0.15) is 0 Å². The summed E-state index contributed by atoms with van der Waals surface area (Å²) in [4.78, 5) is 11.9. The van der Waals surface area contributed by atoms with Gasteiger partial charge in [-0.15, -0.1) is 0 Å². The molecule has 2 aliphatic rings. The van der Waals surface area contributed by atoms with Crippen LogP contribution in [0.3, 0.4) is 0 Å². The van der Waals surface area contributed by atoms with Gasteiger partial charge in [0.2, 0.25) is 5.91 Å². The van der Waals surface area contributed by atoms with Crippen LogP contribution in [0.5, 0.6) is 0 Å². The molecule has 0 aromatic heterocycles. The van der Waals surface area contributed by atoms with Crippen molar-refractivity contribution in [2.75, 3.05) is 5.75 Å². The molecule has 2 saturated carbocycles. The highest BCUT2D eigenvalue weighted by molar-refractivity contribution is 7.99. The second kappa shape index (κ2) is 5.61. The molecule has 98 valence electrons. The molecule has 0 aliphatic heterocycles. The Balaban J connectivity index is 1.69. The number of carbonyl (C=O) groups is 1. The Morgan fingerprint density at radius 1 is 1.47 bits per heavy atom. The van der Waals surface area contributed by atoms with Gasteiger partial charge in [0.15, 0.2) is 0 Å². The zero-order chi connectivity index (χ0) is 12.3. The quantitative estimate of drug-likeness (QED) is 0.791. The first-order chi connectivity index (χ1) is 8.11. The van der Waals surface area contributed by atoms with Crippen molar-refractivity contribution in [1.29, 1.82) is 0 Å². The van der Waals surface area contributed by atoms with Crippen molar-refractivity contribution in [3.8, 4) is 0 Å². The number of amides is 1. The van der Waals surface area contributed by atoms with Crippen molar-refractivity contribution < 1.29 is 4.79 Å². The van der Waals surface area contributed by atoms with Crippen molar-refractivity contribution in [3.05, 3.63) is 0 Å². The van der Waals surface area contributed by atoms with Gasteiger partial charge >= 0.3 is 0 Å². The Kier molecular flexibility index (Phi) is 4.36. The molecule has 2 aliphatic carbocycles. The molecule has 17 heavy (non-hydrogen) atoms. The summed E-state index contributed by atoms with van der Waals surface area (Å²) in [5.41, 5.74) is 5.91. The molecule has 3 nitrogen and oxygen atoms in total. The normalized spacial score (nSPS) is 30.9.